The van der Waals surface area contributed by atoms with E-state index in [1.165, 1.54) is 4.90 Å². The maximum atomic E-state index is 12.4. The Labute approximate surface area is 115 Å². The van der Waals surface area contributed by atoms with Crippen LogP contribution in [0.1, 0.15) is 6.42 Å². The van der Waals surface area contributed by atoms with E-state index in [0.29, 0.717) is 25.4 Å². The Morgan fingerprint density at radius 2 is 2.21 bits per heavy atom. The predicted molar refractivity (Wildman–Crippen MR) is 70.1 cm³/mol. The highest BCUT2D eigenvalue weighted by molar-refractivity contribution is 7.99. The monoisotopic (exact) mass is 287 g/mol. The zero-order valence-electron chi connectivity index (χ0n) is 10.5. The fraction of sp³-hybridized carbons (Fsp3) is 0.727. The molecule has 2 aliphatic heterocycles. The van der Waals surface area contributed by atoms with Crippen LogP contribution in [0.15, 0.2) is 0 Å². The smallest absolute Gasteiger partial charge is 0.320 e. The Balaban J connectivity index is 2.02. The zero-order chi connectivity index (χ0) is 13.8. The summed E-state index contributed by atoms with van der Waals surface area (Å²) in [5, 5.41) is 11.6. The van der Waals surface area contributed by atoms with Crippen molar-refractivity contribution in [3.63, 3.8) is 0 Å². The lowest BCUT2D eigenvalue weighted by atomic mass is 10.2. The third kappa shape index (κ3) is 3.52. The Hall–Kier alpha value is -1.44. The first-order valence-corrected chi connectivity index (χ1v) is 7.35. The van der Waals surface area contributed by atoms with Crippen LogP contribution >= 0.6 is 11.8 Å². The molecule has 19 heavy (non-hydrogen) atoms. The van der Waals surface area contributed by atoms with Gasteiger partial charge in [0.2, 0.25) is 5.91 Å². The summed E-state index contributed by atoms with van der Waals surface area (Å²) in [6.07, 6.45) is -0.0429. The van der Waals surface area contributed by atoms with Gasteiger partial charge < -0.3 is 20.2 Å². The van der Waals surface area contributed by atoms with E-state index in [1.54, 1.807) is 16.7 Å². The van der Waals surface area contributed by atoms with Gasteiger partial charge in [0, 0.05) is 31.1 Å². The van der Waals surface area contributed by atoms with E-state index in [4.69, 9.17) is 5.11 Å². The SMILES string of the molecule is O=C(O)CC1CSCCN1C(=O)N1CCNC(=O)C1. The molecule has 0 bridgehead atoms. The van der Waals surface area contributed by atoms with Crippen LogP contribution in [0.5, 0.6) is 0 Å². The van der Waals surface area contributed by atoms with Crippen LogP contribution in [0.4, 0.5) is 4.79 Å². The molecule has 0 aliphatic carbocycles. The lowest BCUT2D eigenvalue weighted by Gasteiger charge is -2.39. The summed E-state index contributed by atoms with van der Waals surface area (Å²) in [5.41, 5.74) is 0. The Morgan fingerprint density at radius 3 is 2.89 bits per heavy atom. The molecule has 1 atom stereocenters. The average molecular weight is 287 g/mol. The van der Waals surface area contributed by atoms with Crippen LogP contribution in [0.3, 0.4) is 0 Å². The second-order valence-corrected chi connectivity index (χ2v) is 5.72. The number of piperazine rings is 1. The molecule has 0 aromatic rings. The van der Waals surface area contributed by atoms with Gasteiger partial charge in [0.05, 0.1) is 12.5 Å². The van der Waals surface area contributed by atoms with Crippen molar-refractivity contribution in [2.24, 2.45) is 0 Å². The molecule has 0 saturated carbocycles. The molecule has 8 heteroatoms. The Morgan fingerprint density at radius 1 is 1.42 bits per heavy atom. The topological polar surface area (TPSA) is 89.9 Å². The van der Waals surface area contributed by atoms with Gasteiger partial charge >= 0.3 is 12.0 Å². The number of nitrogens with one attached hydrogen (secondary N) is 1. The van der Waals surface area contributed by atoms with Crippen LogP contribution in [-0.4, -0.2) is 76.5 Å². The lowest BCUT2D eigenvalue weighted by Crippen LogP contribution is -2.57. The van der Waals surface area contributed by atoms with E-state index in [9.17, 15) is 14.4 Å². The van der Waals surface area contributed by atoms with E-state index in [0.717, 1.165) is 5.75 Å². The quantitative estimate of drug-likeness (QED) is 0.710. The number of hydrogen-bond donors (Lipinski definition) is 2. The van der Waals surface area contributed by atoms with Crippen molar-refractivity contribution in [3.05, 3.63) is 0 Å². The number of carboxylic acids is 1. The maximum absolute atomic E-state index is 12.4. The lowest BCUT2D eigenvalue weighted by molar-refractivity contribution is -0.138. The van der Waals surface area contributed by atoms with Gasteiger partial charge in [-0.2, -0.15) is 11.8 Å². The summed E-state index contributed by atoms with van der Waals surface area (Å²) >= 11 is 1.66. The number of hydrogen-bond acceptors (Lipinski definition) is 4. The van der Waals surface area contributed by atoms with Gasteiger partial charge in [-0.25, -0.2) is 4.79 Å². The summed E-state index contributed by atoms with van der Waals surface area (Å²) in [6, 6.07) is -0.505. The Bertz CT molecular complexity index is 390. The second-order valence-electron chi connectivity index (χ2n) is 4.57. The van der Waals surface area contributed by atoms with Crippen LogP contribution in [-0.2, 0) is 9.59 Å². The van der Waals surface area contributed by atoms with E-state index in [2.05, 4.69) is 5.32 Å². The molecular formula is C11H17N3O4S. The molecule has 0 spiro atoms. The number of carbonyl (C=O) groups is 3. The number of carboxylic acid groups (broad SMARTS) is 1. The van der Waals surface area contributed by atoms with Crippen LogP contribution in [0.2, 0.25) is 0 Å². The standard InChI is InChI=1S/C11H17N3O4S/c15-9-6-13(2-1-12-9)11(18)14-3-4-19-7-8(14)5-10(16)17/h8H,1-7H2,(H,12,15)(H,16,17). The molecule has 2 heterocycles. The molecule has 2 fully saturated rings. The third-order valence-corrected chi connectivity index (χ3v) is 4.28. The minimum Gasteiger partial charge on any atom is -0.481 e. The molecule has 106 valence electrons. The van der Waals surface area contributed by atoms with Crippen molar-refractivity contribution in [1.29, 1.82) is 0 Å². The highest BCUT2D eigenvalue weighted by Gasteiger charge is 2.33. The molecule has 1 unspecified atom stereocenters. The molecule has 0 radical (unpaired) electrons. The first-order valence-electron chi connectivity index (χ1n) is 6.19. The maximum Gasteiger partial charge on any atom is 0.320 e. The number of rotatable bonds is 2. The summed E-state index contributed by atoms with van der Waals surface area (Å²) < 4.78 is 0. The molecule has 0 aromatic heterocycles. The second kappa shape index (κ2) is 6.14. The van der Waals surface area contributed by atoms with Gasteiger partial charge in [0.25, 0.3) is 0 Å². The summed E-state index contributed by atoms with van der Waals surface area (Å²) in [5.74, 6) is 0.377. The van der Waals surface area contributed by atoms with E-state index < -0.39 is 5.97 Å². The molecule has 2 saturated heterocycles. The van der Waals surface area contributed by atoms with Gasteiger partial charge in [0.1, 0.15) is 6.54 Å². The van der Waals surface area contributed by atoms with Crippen molar-refractivity contribution < 1.29 is 19.5 Å². The minimum atomic E-state index is -0.901. The van der Waals surface area contributed by atoms with Gasteiger partial charge in [-0.1, -0.05) is 0 Å². The fourth-order valence-electron chi connectivity index (χ4n) is 2.26. The largest absolute Gasteiger partial charge is 0.481 e. The number of urea groups is 1. The molecule has 0 aromatic carbocycles. The van der Waals surface area contributed by atoms with Crippen molar-refractivity contribution in [2.45, 2.75) is 12.5 Å². The average Bonchev–Trinajstić information content (AvgIpc) is 2.38. The van der Waals surface area contributed by atoms with Gasteiger partial charge in [-0.15, -0.1) is 0 Å². The fourth-order valence-corrected chi connectivity index (χ4v) is 3.32. The van der Waals surface area contributed by atoms with Gasteiger partial charge in [0.15, 0.2) is 0 Å². The zero-order valence-corrected chi connectivity index (χ0v) is 11.3. The predicted octanol–water partition coefficient (Wildman–Crippen LogP) is -0.570. The van der Waals surface area contributed by atoms with Crippen LogP contribution < -0.4 is 5.32 Å². The summed E-state index contributed by atoms with van der Waals surface area (Å²) in [6.45, 7) is 1.53. The van der Waals surface area contributed by atoms with Crippen LogP contribution in [0.25, 0.3) is 0 Å². The van der Waals surface area contributed by atoms with Crippen LogP contribution in [0, 0.1) is 0 Å². The molecule has 2 rings (SSSR count). The van der Waals surface area contributed by atoms with E-state index >= 15 is 0 Å². The number of amides is 3. The van der Waals surface area contributed by atoms with E-state index in [1.807, 2.05) is 0 Å². The summed E-state index contributed by atoms with van der Waals surface area (Å²) in [7, 11) is 0. The molecule has 3 amide bonds. The van der Waals surface area contributed by atoms with Crippen molar-refractivity contribution in [1.82, 2.24) is 15.1 Å². The van der Waals surface area contributed by atoms with Crippen molar-refractivity contribution >= 4 is 29.7 Å². The van der Waals surface area contributed by atoms with Crippen molar-refractivity contribution in [3.8, 4) is 0 Å². The van der Waals surface area contributed by atoms with Gasteiger partial charge in [-0.3, -0.25) is 9.59 Å². The first-order chi connectivity index (χ1) is 9.08. The highest BCUT2D eigenvalue weighted by Crippen LogP contribution is 2.20. The first kappa shape index (κ1) is 14.0. The van der Waals surface area contributed by atoms with E-state index in [-0.39, 0.29) is 30.9 Å². The normalized spacial score (nSPS) is 24.0. The highest BCUT2D eigenvalue weighted by atomic mass is 32.2. The number of aliphatic carboxylic acids is 1. The number of nitrogens with zero attached hydrogens (tertiary/aromatic N) is 2. The number of carbonyl (C=O) groups excluding carboxylic acids is 2. The molecular weight excluding hydrogens is 270 g/mol. The third-order valence-electron chi connectivity index (χ3n) is 3.19. The summed E-state index contributed by atoms with van der Waals surface area (Å²) in [4.78, 5) is 37.6. The molecule has 7 nitrogen and oxygen atoms in total. The Kier molecular flexibility index (Phi) is 4.52. The molecule has 2 aliphatic rings. The van der Waals surface area contributed by atoms with Gasteiger partial charge in [-0.05, 0) is 0 Å². The molecule has 2 N–H and O–H groups in total. The van der Waals surface area contributed by atoms with Crippen molar-refractivity contribution in [2.75, 3.05) is 37.7 Å². The number of thioether (sulfide) groups is 1. The minimum absolute atomic E-state index is 0.0429.